The van der Waals surface area contributed by atoms with Gasteiger partial charge in [-0.15, -0.1) is 0 Å². The fourth-order valence-electron chi connectivity index (χ4n) is 1.94. The van der Waals surface area contributed by atoms with E-state index in [4.69, 9.17) is 4.74 Å². The van der Waals surface area contributed by atoms with Gasteiger partial charge in [0.15, 0.2) is 0 Å². The number of aromatic nitrogens is 1. The Bertz CT molecular complexity index is 590. The smallest absolute Gasteiger partial charge is 0.146 e. The molecule has 0 aliphatic carbocycles. The Labute approximate surface area is 136 Å². The number of hydrogen-bond donors (Lipinski definition) is 1. The van der Waals surface area contributed by atoms with Crippen LogP contribution in [0.4, 0.5) is 0 Å². The van der Waals surface area contributed by atoms with E-state index in [-0.39, 0.29) is 6.04 Å². The Morgan fingerprint density at radius 3 is 2.70 bits per heavy atom. The predicted octanol–water partition coefficient (Wildman–Crippen LogP) is 5.07. The lowest BCUT2D eigenvalue weighted by Gasteiger charge is -2.18. The fraction of sp³-hybridized carbons (Fsp3) is 0.267. The van der Waals surface area contributed by atoms with Gasteiger partial charge in [0.25, 0.3) is 0 Å². The monoisotopic (exact) mass is 398 g/mol. The molecule has 1 heterocycles. The van der Waals surface area contributed by atoms with Gasteiger partial charge in [-0.3, -0.25) is 4.98 Å². The maximum absolute atomic E-state index is 5.96. The van der Waals surface area contributed by atoms with Gasteiger partial charge in [-0.25, -0.2) is 0 Å². The van der Waals surface area contributed by atoms with Crippen LogP contribution >= 0.6 is 31.9 Å². The topological polar surface area (TPSA) is 34.1 Å². The first-order valence-corrected chi connectivity index (χ1v) is 8.00. The van der Waals surface area contributed by atoms with Crippen LogP contribution in [0, 0.1) is 0 Å². The molecule has 1 aromatic heterocycles. The molecule has 0 aliphatic rings. The first-order valence-electron chi connectivity index (χ1n) is 6.41. The molecule has 0 spiro atoms. The van der Waals surface area contributed by atoms with Crippen molar-refractivity contribution in [2.24, 2.45) is 0 Å². The predicted molar refractivity (Wildman–Crippen MR) is 88.2 cm³/mol. The average Bonchev–Trinajstić information content (AvgIpc) is 2.41. The number of nitrogens with one attached hydrogen (secondary N) is 1. The zero-order valence-electron chi connectivity index (χ0n) is 11.4. The van der Waals surface area contributed by atoms with Crippen molar-refractivity contribution >= 4 is 31.9 Å². The molecule has 0 saturated carbocycles. The summed E-state index contributed by atoms with van der Waals surface area (Å²) in [5.41, 5.74) is 1.11. The molecule has 0 aliphatic heterocycles. The second-order valence-corrected chi connectivity index (χ2v) is 6.23. The number of hydrogen-bond acceptors (Lipinski definition) is 3. The molecular formula is C15H16Br2N2O. The highest BCUT2D eigenvalue weighted by molar-refractivity contribution is 9.10. The number of rotatable bonds is 5. The van der Waals surface area contributed by atoms with Crippen LogP contribution in [0.3, 0.4) is 0 Å². The Morgan fingerprint density at radius 1 is 1.20 bits per heavy atom. The second-order valence-electron chi connectivity index (χ2n) is 4.40. The van der Waals surface area contributed by atoms with Crippen LogP contribution < -0.4 is 10.1 Å². The maximum Gasteiger partial charge on any atom is 0.146 e. The van der Waals surface area contributed by atoms with Gasteiger partial charge < -0.3 is 10.1 Å². The molecule has 1 N–H and O–H groups in total. The molecule has 0 fully saturated rings. The van der Waals surface area contributed by atoms with E-state index >= 15 is 0 Å². The average molecular weight is 400 g/mol. The fourth-order valence-corrected chi connectivity index (χ4v) is 2.66. The van der Waals surface area contributed by atoms with E-state index in [2.05, 4.69) is 62.1 Å². The van der Waals surface area contributed by atoms with Gasteiger partial charge in [0.1, 0.15) is 11.5 Å². The van der Waals surface area contributed by atoms with Crippen molar-refractivity contribution in [3.05, 3.63) is 51.2 Å². The summed E-state index contributed by atoms with van der Waals surface area (Å²) in [5.74, 6) is 1.55. The zero-order valence-corrected chi connectivity index (χ0v) is 14.5. The van der Waals surface area contributed by atoms with Crippen molar-refractivity contribution in [2.45, 2.75) is 19.9 Å². The van der Waals surface area contributed by atoms with Crippen LogP contribution in [0.1, 0.15) is 25.5 Å². The van der Waals surface area contributed by atoms with Crippen LogP contribution in [0.2, 0.25) is 0 Å². The third kappa shape index (κ3) is 4.04. The van der Waals surface area contributed by atoms with Gasteiger partial charge in [0, 0.05) is 26.7 Å². The molecule has 2 rings (SSSR count). The van der Waals surface area contributed by atoms with Crippen molar-refractivity contribution in [1.29, 1.82) is 0 Å². The molecule has 0 radical (unpaired) electrons. The molecule has 3 nitrogen and oxygen atoms in total. The summed E-state index contributed by atoms with van der Waals surface area (Å²) < 4.78 is 7.89. The Kier molecular flexibility index (Phi) is 5.57. The molecule has 1 aromatic carbocycles. The van der Waals surface area contributed by atoms with Crippen LogP contribution in [-0.2, 0) is 0 Å². The third-order valence-electron chi connectivity index (χ3n) is 2.86. The number of ether oxygens (including phenoxy) is 1. The molecule has 0 saturated heterocycles. The lowest BCUT2D eigenvalue weighted by atomic mass is 10.1. The third-order valence-corrected chi connectivity index (χ3v) is 3.78. The lowest BCUT2D eigenvalue weighted by Crippen LogP contribution is -2.18. The summed E-state index contributed by atoms with van der Waals surface area (Å²) >= 11 is 6.91. The second kappa shape index (κ2) is 7.20. The molecule has 1 unspecified atom stereocenters. The minimum atomic E-state index is 0.215. The van der Waals surface area contributed by atoms with E-state index in [1.54, 1.807) is 12.4 Å². The lowest BCUT2D eigenvalue weighted by molar-refractivity contribution is 0.460. The number of halogens is 2. The Balaban J connectivity index is 2.31. The van der Waals surface area contributed by atoms with Crippen molar-refractivity contribution in [3.8, 4) is 11.5 Å². The molecule has 5 heteroatoms. The van der Waals surface area contributed by atoms with E-state index in [1.165, 1.54) is 0 Å². The number of nitrogens with zero attached hydrogens (tertiary/aromatic N) is 1. The van der Waals surface area contributed by atoms with E-state index < -0.39 is 0 Å². The molecule has 0 amide bonds. The first kappa shape index (κ1) is 15.5. The number of pyridine rings is 1. The molecule has 20 heavy (non-hydrogen) atoms. The van der Waals surface area contributed by atoms with Gasteiger partial charge in [-0.2, -0.15) is 0 Å². The molecule has 1 atom stereocenters. The van der Waals surface area contributed by atoms with Crippen molar-refractivity contribution in [1.82, 2.24) is 10.3 Å². The summed E-state index contributed by atoms with van der Waals surface area (Å²) in [5, 5.41) is 3.40. The Morgan fingerprint density at radius 2 is 2.00 bits per heavy atom. The maximum atomic E-state index is 5.96. The largest absolute Gasteiger partial charge is 0.455 e. The van der Waals surface area contributed by atoms with E-state index in [0.29, 0.717) is 5.75 Å². The summed E-state index contributed by atoms with van der Waals surface area (Å²) in [7, 11) is 0. The highest BCUT2D eigenvalue weighted by atomic mass is 79.9. The van der Waals surface area contributed by atoms with Gasteiger partial charge in [0.2, 0.25) is 0 Å². The van der Waals surface area contributed by atoms with Crippen molar-refractivity contribution in [2.75, 3.05) is 6.54 Å². The van der Waals surface area contributed by atoms with E-state index in [9.17, 15) is 0 Å². The highest BCUT2D eigenvalue weighted by Crippen LogP contribution is 2.32. The minimum absolute atomic E-state index is 0.215. The number of benzene rings is 1. The van der Waals surface area contributed by atoms with Crippen LogP contribution in [0.25, 0.3) is 0 Å². The minimum Gasteiger partial charge on any atom is -0.455 e. The standard InChI is InChI=1S/C15H16Br2N2O/c1-3-19-10(2)14-7-11(16)4-5-15(14)20-13-6-12(17)8-18-9-13/h4-10,19H,3H2,1-2H3. The summed E-state index contributed by atoms with van der Waals surface area (Å²) in [6.45, 7) is 5.12. The quantitative estimate of drug-likeness (QED) is 0.761. The van der Waals surface area contributed by atoms with Gasteiger partial charge in [0.05, 0.1) is 6.20 Å². The molecule has 2 aromatic rings. The summed E-state index contributed by atoms with van der Waals surface area (Å²) in [6, 6.07) is 8.13. The molecule has 0 bridgehead atoms. The van der Waals surface area contributed by atoms with Crippen LogP contribution in [0.15, 0.2) is 45.6 Å². The van der Waals surface area contributed by atoms with Crippen molar-refractivity contribution < 1.29 is 4.74 Å². The van der Waals surface area contributed by atoms with Crippen molar-refractivity contribution in [3.63, 3.8) is 0 Å². The van der Waals surface area contributed by atoms with Gasteiger partial charge in [-0.05, 0) is 53.7 Å². The van der Waals surface area contributed by atoms with Gasteiger partial charge >= 0.3 is 0 Å². The zero-order chi connectivity index (χ0) is 14.5. The highest BCUT2D eigenvalue weighted by Gasteiger charge is 2.12. The van der Waals surface area contributed by atoms with Crippen LogP contribution in [-0.4, -0.2) is 11.5 Å². The summed E-state index contributed by atoms with van der Waals surface area (Å²) in [6.07, 6.45) is 3.44. The van der Waals surface area contributed by atoms with Crippen LogP contribution in [0.5, 0.6) is 11.5 Å². The van der Waals surface area contributed by atoms with E-state index in [0.717, 1.165) is 26.8 Å². The molecule has 106 valence electrons. The van der Waals surface area contributed by atoms with E-state index in [1.807, 2.05) is 18.2 Å². The first-order chi connectivity index (χ1) is 9.60. The SMILES string of the molecule is CCNC(C)c1cc(Br)ccc1Oc1cncc(Br)c1. The Hall–Kier alpha value is -0.910. The summed E-state index contributed by atoms with van der Waals surface area (Å²) in [4.78, 5) is 4.11. The molecular weight excluding hydrogens is 384 g/mol. The van der Waals surface area contributed by atoms with Gasteiger partial charge in [-0.1, -0.05) is 22.9 Å². The normalized spacial score (nSPS) is 12.2.